The van der Waals surface area contributed by atoms with Crippen LogP contribution in [0.1, 0.15) is 20.7 Å². The van der Waals surface area contributed by atoms with Crippen LogP contribution in [0.3, 0.4) is 0 Å². The number of cyclic esters (lactones) is 2. The molecule has 2 aromatic rings. The van der Waals surface area contributed by atoms with E-state index in [2.05, 4.69) is 4.74 Å². The molecule has 24 heavy (non-hydrogen) atoms. The van der Waals surface area contributed by atoms with E-state index in [-0.39, 0.29) is 10.9 Å². The Morgan fingerprint density at radius 2 is 1.38 bits per heavy atom. The van der Waals surface area contributed by atoms with Crippen molar-refractivity contribution in [3.05, 3.63) is 29.3 Å². The summed E-state index contributed by atoms with van der Waals surface area (Å²) in [7, 11) is -9.83. The van der Waals surface area contributed by atoms with Crippen molar-refractivity contribution in [3.63, 3.8) is 0 Å². The number of carbonyl (C=O) groups excluding carboxylic acids is 2. The van der Waals surface area contributed by atoms with Crippen LogP contribution >= 0.6 is 0 Å². The van der Waals surface area contributed by atoms with Crippen LogP contribution in [-0.4, -0.2) is 37.9 Å². The smallest absolute Gasteiger partial charge is 0.346 e. The molecule has 0 atom stereocenters. The summed E-state index contributed by atoms with van der Waals surface area (Å²) in [5.41, 5.74) is 4.15. The molecule has 2 aromatic carbocycles. The molecule has 126 valence electrons. The molecule has 0 spiro atoms. The van der Waals surface area contributed by atoms with Gasteiger partial charge in [-0.2, -0.15) is 16.8 Å². The fraction of sp³-hybridized carbons (Fsp3) is 0. The Hall–Kier alpha value is -2.54. The molecule has 10 nitrogen and oxygen atoms in total. The molecule has 0 amide bonds. The third kappa shape index (κ3) is 2.24. The Kier molecular flexibility index (Phi) is 3.22. The second-order valence-corrected chi connectivity index (χ2v) is 7.60. The number of nitrogen functional groups attached to an aromatic ring is 1. The Morgan fingerprint density at radius 1 is 0.833 bits per heavy atom. The third-order valence-electron chi connectivity index (χ3n) is 3.43. The van der Waals surface area contributed by atoms with Crippen LogP contribution in [0.2, 0.25) is 0 Å². The quantitative estimate of drug-likeness (QED) is 0.285. The van der Waals surface area contributed by atoms with Gasteiger partial charge in [0.25, 0.3) is 20.2 Å². The standard InChI is InChI=1S/C12H7NO9S2/c13-10-7(24(19,20)21)3-5-8-4(11(14)22-12(5)15)1-2-6(9(8)10)23(16,17)18/h1-3H,13H2,(H,16,17,18)(H,19,20,21). The van der Waals surface area contributed by atoms with E-state index in [1.54, 1.807) is 0 Å². The van der Waals surface area contributed by atoms with Crippen LogP contribution in [-0.2, 0) is 25.0 Å². The van der Waals surface area contributed by atoms with Crippen LogP contribution in [0.5, 0.6) is 0 Å². The molecule has 1 aliphatic rings. The van der Waals surface area contributed by atoms with Crippen molar-refractivity contribution in [2.24, 2.45) is 0 Å². The third-order valence-corrected chi connectivity index (χ3v) is 5.22. The number of hydrogen-bond donors (Lipinski definition) is 3. The van der Waals surface area contributed by atoms with E-state index in [9.17, 15) is 35.5 Å². The lowest BCUT2D eigenvalue weighted by Gasteiger charge is -2.19. The van der Waals surface area contributed by atoms with Gasteiger partial charge in [-0.3, -0.25) is 9.11 Å². The van der Waals surface area contributed by atoms with Gasteiger partial charge >= 0.3 is 11.9 Å². The Bertz CT molecular complexity index is 1160. The Labute approximate surface area is 134 Å². The predicted octanol–water partition coefficient (Wildman–Crippen LogP) is 0.226. The van der Waals surface area contributed by atoms with E-state index >= 15 is 0 Å². The normalized spacial score (nSPS) is 14.8. The lowest BCUT2D eigenvalue weighted by atomic mass is 9.96. The number of carbonyl (C=O) groups is 2. The SMILES string of the molecule is Nc1c(S(=O)(=O)O)cc2c3c(ccc(S(=O)(=O)O)c13)C(=O)OC2=O. The van der Waals surface area contributed by atoms with Crippen LogP contribution in [0, 0.1) is 0 Å². The summed E-state index contributed by atoms with van der Waals surface area (Å²) in [6.45, 7) is 0. The summed E-state index contributed by atoms with van der Waals surface area (Å²) in [5.74, 6) is -2.35. The summed E-state index contributed by atoms with van der Waals surface area (Å²) < 4.78 is 68.9. The highest BCUT2D eigenvalue weighted by molar-refractivity contribution is 7.86. The average Bonchev–Trinajstić information content (AvgIpc) is 2.42. The highest BCUT2D eigenvalue weighted by Gasteiger charge is 2.34. The molecule has 0 bridgehead atoms. The molecule has 0 aliphatic carbocycles. The van der Waals surface area contributed by atoms with Crippen molar-refractivity contribution in [1.29, 1.82) is 0 Å². The van der Waals surface area contributed by atoms with Crippen molar-refractivity contribution in [2.75, 3.05) is 5.73 Å². The maximum Gasteiger partial charge on any atom is 0.346 e. The van der Waals surface area contributed by atoms with Crippen molar-refractivity contribution < 1.29 is 40.3 Å². The van der Waals surface area contributed by atoms with Gasteiger partial charge in [0.2, 0.25) is 0 Å². The first-order chi connectivity index (χ1) is 10.9. The summed E-state index contributed by atoms with van der Waals surface area (Å²) in [4.78, 5) is 21.8. The minimum Gasteiger partial charge on any atom is -0.397 e. The van der Waals surface area contributed by atoms with E-state index in [1.165, 1.54) is 0 Å². The zero-order valence-corrected chi connectivity index (χ0v) is 13.0. The van der Waals surface area contributed by atoms with Crippen molar-refractivity contribution in [1.82, 2.24) is 0 Å². The summed E-state index contributed by atoms with van der Waals surface area (Å²) >= 11 is 0. The summed E-state index contributed by atoms with van der Waals surface area (Å²) in [6.07, 6.45) is 0. The maximum absolute atomic E-state index is 11.9. The lowest BCUT2D eigenvalue weighted by molar-refractivity contribution is 0.0391. The van der Waals surface area contributed by atoms with Gasteiger partial charge in [-0.1, -0.05) is 0 Å². The van der Waals surface area contributed by atoms with Gasteiger partial charge in [-0.25, -0.2) is 9.59 Å². The molecule has 0 fully saturated rings. The van der Waals surface area contributed by atoms with Gasteiger partial charge in [0.15, 0.2) is 0 Å². The highest BCUT2D eigenvalue weighted by Crippen LogP contribution is 2.39. The molecule has 0 aromatic heterocycles. The van der Waals surface area contributed by atoms with E-state index in [0.29, 0.717) is 6.07 Å². The number of anilines is 1. The first-order valence-electron chi connectivity index (χ1n) is 6.03. The molecule has 1 aliphatic heterocycles. The summed E-state index contributed by atoms with van der Waals surface area (Å²) in [5, 5.41) is -0.874. The van der Waals surface area contributed by atoms with E-state index in [1.807, 2.05) is 0 Å². The maximum atomic E-state index is 11.9. The largest absolute Gasteiger partial charge is 0.397 e. The average molecular weight is 373 g/mol. The number of rotatable bonds is 2. The number of esters is 2. The second kappa shape index (κ2) is 4.73. The van der Waals surface area contributed by atoms with Crippen molar-refractivity contribution in [3.8, 4) is 0 Å². The Balaban J connectivity index is 2.71. The molecule has 0 saturated carbocycles. The zero-order valence-electron chi connectivity index (χ0n) is 11.4. The molecule has 4 N–H and O–H groups in total. The first kappa shape index (κ1) is 16.3. The van der Waals surface area contributed by atoms with Gasteiger partial charge in [-0.05, 0) is 18.2 Å². The van der Waals surface area contributed by atoms with Crippen LogP contribution in [0.25, 0.3) is 10.8 Å². The number of nitrogens with two attached hydrogens (primary N) is 1. The minimum absolute atomic E-state index is 0.249. The fourth-order valence-corrected chi connectivity index (χ4v) is 3.85. The molecule has 0 unspecified atom stereocenters. The fourth-order valence-electron chi connectivity index (χ4n) is 2.49. The van der Waals surface area contributed by atoms with Gasteiger partial charge in [0.05, 0.1) is 16.8 Å². The number of hydrogen-bond acceptors (Lipinski definition) is 8. The number of ether oxygens (including phenoxy) is 1. The van der Waals surface area contributed by atoms with Crippen LogP contribution in [0.15, 0.2) is 28.0 Å². The van der Waals surface area contributed by atoms with E-state index < -0.39 is 58.6 Å². The van der Waals surface area contributed by atoms with Gasteiger partial charge in [-0.15, -0.1) is 0 Å². The van der Waals surface area contributed by atoms with Crippen molar-refractivity contribution >= 4 is 48.6 Å². The molecule has 0 radical (unpaired) electrons. The highest BCUT2D eigenvalue weighted by atomic mass is 32.2. The second-order valence-electron chi connectivity index (χ2n) is 4.82. The first-order valence-corrected chi connectivity index (χ1v) is 8.91. The van der Waals surface area contributed by atoms with Gasteiger partial charge < -0.3 is 10.5 Å². The molecular formula is C12H7NO9S2. The number of benzene rings is 2. The van der Waals surface area contributed by atoms with Gasteiger partial charge in [0.1, 0.15) is 9.79 Å². The molecule has 12 heteroatoms. The molecular weight excluding hydrogens is 366 g/mol. The zero-order chi connectivity index (χ0) is 18.0. The minimum atomic E-state index is -4.94. The topological polar surface area (TPSA) is 178 Å². The molecule has 0 saturated heterocycles. The van der Waals surface area contributed by atoms with Gasteiger partial charge in [0, 0.05) is 10.8 Å². The van der Waals surface area contributed by atoms with Crippen LogP contribution < -0.4 is 5.73 Å². The van der Waals surface area contributed by atoms with E-state index in [4.69, 9.17) is 5.73 Å². The van der Waals surface area contributed by atoms with Crippen LogP contribution in [0.4, 0.5) is 5.69 Å². The van der Waals surface area contributed by atoms with E-state index in [0.717, 1.165) is 12.1 Å². The predicted molar refractivity (Wildman–Crippen MR) is 77.7 cm³/mol. The monoisotopic (exact) mass is 373 g/mol. The lowest BCUT2D eigenvalue weighted by Crippen LogP contribution is -2.22. The molecule has 1 heterocycles. The summed E-state index contributed by atoms with van der Waals surface area (Å²) in [6, 6.07) is 2.45. The Morgan fingerprint density at radius 3 is 1.92 bits per heavy atom. The van der Waals surface area contributed by atoms with Crippen molar-refractivity contribution in [2.45, 2.75) is 9.79 Å². The molecule has 3 rings (SSSR count).